The zero-order valence-corrected chi connectivity index (χ0v) is 17.6. The van der Waals surface area contributed by atoms with Gasteiger partial charge in [-0.3, -0.25) is 0 Å². The van der Waals surface area contributed by atoms with Crippen LogP contribution in [0.4, 0.5) is 0 Å². The van der Waals surface area contributed by atoms with Crippen molar-refractivity contribution in [3.63, 3.8) is 0 Å². The number of nitrogens with zero attached hydrogens (tertiary/aromatic N) is 1. The summed E-state index contributed by atoms with van der Waals surface area (Å²) in [5.74, 6) is 0. The van der Waals surface area contributed by atoms with Crippen LogP contribution in [0.25, 0.3) is 10.9 Å². The van der Waals surface area contributed by atoms with Gasteiger partial charge in [-0.2, -0.15) is 0 Å². The molecule has 2 aromatic rings. The fraction of sp³-hybridized carbons (Fsp3) is 0.556. The second kappa shape index (κ2) is 6.14. The summed E-state index contributed by atoms with van der Waals surface area (Å²) in [4.78, 5) is 6.05. The fourth-order valence-corrected chi connectivity index (χ4v) is 5.30. The van der Waals surface area contributed by atoms with Crippen molar-refractivity contribution in [1.82, 2.24) is 9.88 Å². The van der Waals surface area contributed by atoms with Gasteiger partial charge in [0.2, 0.25) is 0 Å². The molecule has 1 aromatic heterocycles. The van der Waals surface area contributed by atoms with Gasteiger partial charge in [-0.1, -0.05) is 49.8 Å². The molecule has 0 amide bonds. The van der Waals surface area contributed by atoms with Crippen molar-refractivity contribution < 1.29 is 0 Å². The maximum absolute atomic E-state index is 3.78. The van der Waals surface area contributed by atoms with Crippen LogP contribution in [0.15, 0.2) is 22.7 Å². The van der Waals surface area contributed by atoms with Crippen molar-refractivity contribution in [3.05, 3.63) is 28.2 Å². The minimum atomic E-state index is -1.59. The second-order valence-electron chi connectivity index (χ2n) is 8.10. The van der Waals surface area contributed by atoms with E-state index in [1.165, 1.54) is 21.8 Å². The Morgan fingerprint density at radius 1 is 1.18 bits per heavy atom. The highest BCUT2D eigenvalue weighted by molar-refractivity contribution is 9.10. The molecule has 0 aliphatic heterocycles. The third kappa shape index (κ3) is 3.34. The number of likely N-dealkylation sites (N-methyl/N-ethyl adjacent to an activating group) is 1. The van der Waals surface area contributed by atoms with Gasteiger partial charge in [-0.05, 0) is 49.3 Å². The summed E-state index contributed by atoms with van der Waals surface area (Å²) in [6.07, 6.45) is 1.10. The standard InChI is InChI=1S/C18H29BrN2Si/c1-18(2,3)22(6,7)17-14(10-11-21(4)5)15-12-13(19)8-9-16(15)20-17/h8-9,12,20H,10-11H2,1-7H3. The molecule has 0 saturated heterocycles. The summed E-state index contributed by atoms with van der Waals surface area (Å²) in [5.41, 5.74) is 2.80. The molecule has 1 N–H and O–H groups in total. The predicted molar refractivity (Wildman–Crippen MR) is 105 cm³/mol. The van der Waals surface area contributed by atoms with Crippen LogP contribution in [0.3, 0.4) is 0 Å². The molecule has 1 heterocycles. The smallest absolute Gasteiger partial charge is 0.107 e. The Labute approximate surface area is 144 Å². The van der Waals surface area contributed by atoms with Crippen molar-refractivity contribution in [2.75, 3.05) is 20.6 Å². The molecule has 0 aliphatic rings. The number of nitrogens with one attached hydrogen (secondary N) is 1. The highest BCUT2D eigenvalue weighted by Gasteiger charge is 2.40. The molecule has 2 nitrogen and oxygen atoms in total. The van der Waals surface area contributed by atoms with E-state index in [9.17, 15) is 0 Å². The second-order valence-corrected chi connectivity index (χ2v) is 14.3. The van der Waals surface area contributed by atoms with Gasteiger partial charge in [0, 0.05) is 27.2 Å². The zero-order chi connectivity index (χ0) is 16.7. The third-order valence-electron chi connectivity index (χ3n) is 5.18. The normalized spacial score (nSPS) is 13.3. The molecule has 2 rings (SSSR count). The Morgan fingerprint density at radius 3 is 2.36 bits per heavy atom. The van der Waals surface area contributed by atoms with E-state index < -0.39 is 8.07 Å². The summed E-state index contributed by atoms with van der Waals surface area (Å²) in [6, 6.07) is 6.60. The minimum Gasteiger partial charge on any atom is -0.362 e. The van der Waals surface area contributed by atoms with Gasteiger partial charge in [-0.25, -0.2) is 0 Å². The van der Waals surface area contributed by atoms with Crippen molar-refractivity contribution in [2.24, 2.45) is 0 Å². The first-order valence-corrected chi connectivity index (χ1v) is 11.8. The van der Waals surface area contributed by atoms with E-state index in [1.54, 1.807) is 0 Å². The highest BCUT2D eigenvalue weighted by Crippen LogP contribution is 2.37. The van der Waals surface area contributed by atoms with E-state index in [1.807, 2.05) is 0 Å². The molecule has 0 saturated carbocycles. The quantitative estimate of drug-likeness (QED) is 0.758. The maximum atomic E-state index is 3.78. The van der Waals surface area contributed by atoms with Crippen LogP contribution in [0.1, 0.15) is 26.3 Å². The topological polar surface area (TPSA) is 19.0 Å². The molecule has 0 radical (unpaired) electrons. The lowest BCUT2D eigenvalue weighted by atomic mass is 10.1. The average molecular weight is 381 g/mol. The number of halogens is 1. The Balaban J connectivity index is 2.64. The van der Waals surface area contributed by atoms with Crippen LogP contribution >= 0.6 is 15.9 Å². The summed E-state index contributed by atoms with van der Waals surface area (Å²) in [6.45, 7) is 13.2. The molecular formula is C18H29BrN2Si. The molecule has 0 unspecified atom stereocenters. The molecular weight excluding hydrogens is 352 g/mol. The molecule has 4 heteroatoms. The van der Waals surface area contributed by atoms with Gasteiger partial charge in [-0.15, -0.1) is 0 Å². The summed E-state index contributed by atoms with van der Waals surface area (Å²) >= 11 is 3.63. The van der Waals surface area contributed by atoms with Gasteiger partial charge in [0.15, 0.2) is 0 Å². The largest absolute Gasteiger partial charge is 0.362 e. The van der Waals surface area contributed by atoms with Gasteiger partial charge in [0.25, 0.3) is 0 Å². The van der Waals surface area contributed by atoms with Crippen LogP contribution in [-0.4, -0.2) is 38.6 Å². The minimum absolute atomic E-state index is 0.331. The van der Waals surface area contributed by atoms with Gasteiger partial charge < -0.3 is 9.88 Å². The van der Waals surface area contributed by atoms with Crippen molar-refractivity contribution in [2.45, 2.75) is 45.3 Å². The van der Waals surface area contributed by atoms with Crippen molar-refractivity contribution >= 4 is 40.2 Å². The van der Waals surface area contributed by atoms with E-state index in [0.29, 0.717) is 5.04 Å². The lowest BCUT2D eigenvalue weighted by Gasteiger charge is -2.37. The molecule has 0 fully saturated rings. The summed E-state index contributed by atoms with van der Waals surface area (Å²) in [7, 11) is 2.71. The lowest BCUT2D eigenvalue weighted by molar-refractivity contribution is 0.414. The fourth-order valence-electron chi connectivity index (χ4n) is 2.72. The van der Waals surface area contributed by atoms with Crippen molar-refractivity contribution in [3.8, 4) is 0 Å². The molecule has 22 heavy (non-hydrogen) atoms. The molecule has 0 atom stereocenters. The Hall–Kier alpha value is -0.583. The first kappa shape index (κ1) is 17.8. The van der Waals surface area contributed by atoms with Crippen molar-refractivity contribution in [1.29, 1.82) is 0 Å². The van der Waals surface area contributed by atoms with Crippen LogP contribution < -0.4 is 5.32 Å². The monoisotopic (exact) mass is 380 g/mol. The van der Waals surface area contributed by atoms with E-state index in [4.69, 9.17) is 0 Å². The number of fused-ring (bicyclic) bond motifs is 1. The van der Waals surface area contributed by atoms with E-state index >= 15 is 0 Å². The van der Waals surface area contributed by atoms with E-state index in [0.717, 1.165) is 17.4 Å². The highest BCUT2D eigenvalue weighted by atomic mass is 79.9. The van der Waals surface area contributed by atoms with Crippen LogP contribution in [0.2, 0.25) is 18.1 Å². The number of hydrogen-bond donors (Lipinski definition) is 1. The van der Waals surface area contributed by atoms with Gasteiger partial charge in [0.05, 0.1) is 0 Å². The molecule has 0 spiro atoms. The first-order valence-electron chi connectivity index (χ1n) is 7.99. The molecule has 0 aliphatic carbocycles. The summed E-state index contributed by atoms with van der Waals surface area (Å²) < 4.78 is 1.16. The van der Waals surface area contributed by atoms with E-state index in [2.05, 4.69) is 92.0 Å². The van der Waals surface area contributed by atoms with E-state index in [-0.39, 0.29) is 0 Å². The number of aromatic nitrogens is 1. The van der Waals surface area contributed by atoms with Gasteiger partial charge in [0.1, 0.15) is 8.07 Å². The number of benzene rings is 1. The van der Waals surface area contributed by atoms with Crippen LogP contribution in [-0.2, 0) is 6.42 Å². The number of hydrogen-bond acceptors (Lipinski definition) is 1. The Bertz CT molecular complexity index is 666. The Kier molecular flexibility index (Phi) is 4.96. The summed E-state index contributed by atoms with van der Waals surface area (Å²) in [5, 5.41) is 3.24. The lowest BCUT2D eigenvalue weighted by Crippen LogP contribution is -2.51. The van der Waals surface area contributed by atoms with Crippen LogP contribution in [0, 0.1) is 0 Å². The number of H-pyrrole nitrogens is 1. The number of rotatable bonds is 4. The molecule has 1 aromatic carbocycles. The average Bonchev–Trinajstić information content (AvgIpc) is 2.73. The molecule has 0 bridgehead atoms. The Morgan fingerprint density at radius 2 is 1.82 bits per heavy atom. The maximum Gasteiger partial charge on any atom is 0.107 e. The molecule has 122 valence electrons. The predicted octanol–water partition coefficient (Wildman–Crippen LogP) is 4.75. The van der Waals surface area contributed by atoms with Gasteiger partial charge >= 0.3 is 0 Å². The SMILES string of the molecule is CN(C)CCc1c([Si](C)(C)C(C)(C)C)[nH]c2ccc(Br)cc12. The third-order valence-corrected chi connectivity index (χ3v) is 11.1. The van der Waals surface area contributed by atoms with Crippen LogP contribution in [0.5, 0.6) is 0 Å². The number of aromatic amines is 1. The zero-order valence-electron chi connectivity index (χ0n) is 15.0. The first-order chi connectivity index (χ1) is 10.0.